The molecule has 6 fully saturated rings. The third-order valence-electron chi connectivity index (χ3n) is 24.6. The lowest BCUT2D eigenvalue weighted by Crippen LogP contribution is -2.52. The Bertz CT molecular complexity index is 5520. The topological polar surface area (TPSA) is 255 Å². The van der Waals surface area contributed by atoms with Crippen molar-refractivity contribution in [1.29, 1.82) is 0 Å². The first kappa shape index (κ1) is 92.5. The average molecular weight is 1810 g/mol. The number of hydrogen-bond donors (Lipinski definition) is 3. The predicted octanol–water partition coefficient (Wildman–Crippen LogP) is 12.7. The molecule has 3 N–H and O–H groups in total. The maximum absolute atomic E-state index is 12.7. The number of carbonyl (C=O) groups excluding carboxylic acids is 4. The van der Waals surface area contributed by atoms with Crippen LogP contribution in [0, 0.1) is 0 Å². The number of ether oxygens (including phenoxy) is 3. The zero-order chi connectivity index (χ0) is 89.0. The highest BCUT2D eigenvalue weighted by Crippen LogP contribution is 2.45. The molecule has 26 nitrogen and oxygen atoms in total. The van der Waals surface area contributed by atoms with E-state index >= 15 is 0 Å². The number of pyridine rings is 3. The van der Waals surface area contributed by atoms with Crippen LogP contribution >= 0.6 is 34.8 Å². The van der Waals surface area contributed by atoms with Crippen molar-refractivity contribution in [3.8, 4) is 0 Å². The van der Waals surface area contributed by atoms with Gasteiger partial charge in [-0.2, -0.15) is 8.42 Å². The zero-order valence-corrected chi connectivity index (χ0v) is 75.4. The molecule has 3 atom stereocenters. The van der Waals surface area contributed by atoms with E-state index in [1.54, 1.807) is 20.9 Å². The molecule has 128 heavy (non-hydrogen) atoms. The van der Waals surface area contributed by atoms with Crippen LogP contribution in [-0.2, 0) is 48.3 Å². The fourth-order valence-electron chi connectivity index (χ4n) is 17.8. The maximum atomic E-state index is 12.7. The summed E-state index contributed by atoms with van der Waals surface area (Å²) in [4.78, 5) is 84.2. The Morgan fingerprint density at radius 3 is 1.10 bits per heavy atom. The Balaban J connectivity index is 0.000000137. The first-order chi connectivity index (χ1) is 62.2. The number of carbonyl (C=O) groups is 4. The third-order valence-corrected chi connectivity index (χ3v) is 25.8. The van der Waals surface area contributed by atoms with Gasteiger partial charge in [0.2, 0.25) is 7.85 Å². The molecular weight excluding hydrogens is 1700 g/mol. The summed E-state index contributed by atoms with van der Waals surface area (Å²) in [6.45, 7) is 22.4. The normalized spacial score (nSPS) is 19.2. The second kappa shape index (κ2) is 44.4. The maximum Gasteiger partial charge on any atom is 0.410 e. The van der Waals surface area contributed by atoms with E-state index in [0.29, 0.717) is 81.2 Å². The standard InChI is InChI=1S/C32H37BClN5O3.C31H34ClN5O2.C21H21BClN3O4S.C12H16N2O2/c1-33(41)39-18-16-37(17-19-39)31-28-10-9-27(34)21-29(28)26(20-25-8-5-11-35-30(25)31)22-36-12-14-38(15-13-36)32(40)42-23-24-6-3-2-4-7-24;32-26-8-9-27-28(20-26)25(19-24-7-4-10-34-29(24)30(27)36-13-11-33-12-14-36)21-35-15-17-37(18-16-35)31(38)39-22-23-5-2-1-3-6-23;1-31(28,29)30-13-15-11-14-3-2-6-24-19(14)20(17-5-4-16(23)12-18(15)17)25-7-9-26(10-8-25)21(22)27;15-12(14-8-6-13-7-9-14)16-10-11-4-2-1-3-5-11/h2-11,20-21,31,41H,12-19,22-23H2,1H3;1-10,19-20,30,33H,11-18,21-22H2;2-6,11-12,20H,7-10,13H2,1H3;1-5,13H,6-10H2. The van der Waals surface area contributed by atoms with E-state index in [2.05, 4.69) is 93.5 Å². The van der Waals surface area contributed by atoms with Crippen LogP contribution in [0.1, 0.15) is 102 Å². The van der Waals surface area contributed by atoms with Crippen molar-refractivity contribution in [1.82, 2.24) is 74.5 Å². The van der Waals surface area contributed by atoms with Crippen LogP contribution in [-0.4, -0.2) is 299 Å². The van der Waals surface area contributed by atoms with Crippen LogP contribution in [0.5, 0.6) is 0 Å². The minimum atomic E-state index is -3.62. The van der Waals surface area contributed by atoms with Crippen molar-refractivity contribution in [2.75, 3.05) is 183 Å². The molecule has 666 valence electrons. The van der Waals surface area contributed by atoms with E-state index < -0.39 is 23.0 Å². The predicted molar refractivity (Wildman–Crippen MR) is 503 cm³/mol. The summed E-state index contributed by atoms with van der Waals surface area (Å²) in [5, 5.41) is 18.8. The first-order valence-corrected chi connectivity index (χ1v) is 46.8. The van der Waals surface area contributed by atoms with Crippen LogP contribution in [0.15, 0.2) is 201 Å². The number of rotatable bonds is 17. The van der Waals surface area contributed by atoms with E-state index in [1.807, 2.05) is 176 Å². The van der Waals surface area contributed by atoms with Crippen LogP contribution in [0.3, 0.4) is 0 Å². The average Bonchev–Trinajstić information content (AvgIpc) is 1.58. The van der Waals surface area contributed by atoms with Gasteiger partial charge in [0.15, 0.2) is 5.81 Å². The van der Waals surface area contributed by atoms with Crippen molar-refractivity contribution < 1.29 is 51.0 Å². The summed E-state index contributed by atoms with van der Waals surface area (Å²) >= 11 is 19.5. The number of nitrogens with zero attached hydrogens (tertiary/aromatic N) is 13. The van der Waals surface area contributed by atoms with Crippen LogP contribution in [0.2, 0.25) is 21.9 Å². The van der Waals surface area contributed by atoms with Gasteiger partial charge >= 0.3 is 25.3 Å². The van der Waals surface area contributed by atoms with Crippen molar-refractivity contribution in [2.24, 2.45) is 0 Å². The summed E-state index contributed by atoms with van der Waals surface area (Å²) < 4.78 is 44.8. The smallest absolute Gasteiger partial charge is 0.410 e. The molecule has 32 heteroatoms. The lowest BCUT2D eigenvalue weighted by molar-refractivity contribution is 0.0740. The van der Waals surface area contributed by atoms with Crippen LogP contribution in [0.4, 0.5) is 19.2 Å². The number of halogens is 3. The van der Waals surface area contributed by atoms with Gasteiger partial charge in [0.05, 0.1) is 48.1 Å². The molecule has 9 heterocycles. The zero-order valence-electron chi connectivity index (χ0n) is 72.3. The molecule has 2 radical (unpaired) electrons. The number of aromatic nitrogens is 3. The van der Waals surface area contributed by atoms with E-state index in [-0.39, 0.29) is 49.6 Å². The highest BCUT2D eigenvalue weighted by Gasteiger charge is 2.39. The summed E-state index contributed by atoms with van der Waals surface area (Å²) in [5.74, 6) is -0.423. The summed E-state index contributed by atoms with van der Waals surface area (Å²) in [7, 11) is 1.37. The quantitative estimate of drug-likeness (QED) is 0.0435. The lowest BCUT2D eigenvalue weighted by Gasteiger charge is -2.40. The SMILES string of the molecule is CB(O)N1CCN(C2c3ccc(Cl)cc3C(CN3CCN(C(=O)OCc4ccccc4)CC3)=Cc3cccnc32)CC1.O=C(OCc1ccccc1)N1CCN(CC2=Cc3cccnc3C(N3CCNCC3)c3ccc(Cl)cc32)CC1.O=C(OCc1ccccc1)N1CCNCC1.[B]C(=O)N1CCN(C2c3ccc(Cl)cc3C(COS(C)(=O)=O)=Cc3cccnc32)CC1. The molecule has 6 saturated heterocycles. The lowest BCUT2D eigenvalue weighted by atomic mass is 9.84. The summed E-state index contributed by atoms with van der Waals surface area (Å²) in [5.41, 5.74) is 18.9. The Morgan fingerprint density at radius 1 is 0.414 bits per heavy atom. The van der Waals surface area contributed by atoms with Gasteiger partial charge in [0.25, 0.3) is 10.1 Å². The Morgan fingerprint density at radius 2 is 0.742 bits per heavy atom. The van der Waals surface area contributed by atoms with Gasteiger partial charge in [-0.15, -0.1) is 0 Å². The van der Waals surface area contributed by atoms with Gasteiger partial charge < -0.3 is 54.3 Å². The molecule has 0 spiro atoms. The molecule has 0 saturated carbocycles. The highest BCUT2D eigenvalue weighted by molar-refractivity contribution is 7.86. The number of hydrogen-bond acceptors (Lipinski definition) is 22. The number of benzene rings is 6. The Labute approximate surface area is 766 Å². The molecule has 0 bridgehead atoms. The first-order valence-electron chi connectivity index (χ1n) is 43.8. The van der Waals surface area contributed by atoms with Gasteiger partial charge in [-0.25, -0.2) is 14.4 Å². The fourth-order valence-corrected chi connectivity index (χ4v) is 18.7. The fraction of sp³-hybridized carbons (Fsp3) is 0.365. The number of amides is 4. The molecule has 3 aromatic heterocycles. The van der Waals surface area contributed by atoms with E-state index in [1.165, 1.54) is 27.8 Å². The molecule has 9 aliphatic rings. The monoisotopic (exact) mass is 1810 g/mol. The summed E-state index contributed by atoms with van der Waals surface area (Å²) in [6.07, 6.45) is 12.3. The van der Waals surface area contributed by atoms with Gasteiger partial charge in [-0.3, -0.25) is 48.4 Å². The molecule has 18 rings (SSSR count). The third kappa shape index (κ3) is 24.3. The van der Waals surface area contributed by atoms with Crippen molar-refractivity contribution in [3.05, 3.63) is 299 Å². The molecule has 4 amide bonds. The second-order valence-corrected chi connectivity index (χ2v) is 36.0. The molecule has 6 aliphatic heterocycles. The highest BCUT2D eigenvalue weighted by atomic mass is 35.5. The van der Waals surface area contributed by atoms with Gasteiger partial charge in [0, 0.05) is 204 Å². The van der Waals surface area contributed by atoms with Crippen LogP contribution < -0.4 is 10.6 Å². The molecule has 3 aliphatic carbocycles. The van der Waals surface area contributed by atoms with Gasteiger partial charge in [0.1, 0.15) is 19.8 Å². The van der Waals surface area contributed by atoms with E-state index in [4.69, 9.17) is 71.0 Å². The second-order valence-electron chi connectivity index (χ2n) is 33.0. The van der Waals surface area contributed by atoms with Crippen molar-refractivity contribution in [2.45, 2.75) is 44.8 Å². The van der Waals surface area contributed by atoms with E-state index in [0.717, 1.165) is 196 Å². The molecule has 6 aromatic carbocycles. The van der Waals surface area contributed by atoms with Gasteiger partial charge in [-0.05, 0) is 163 Å². The van der Waals surface area contributed by atoms with E-state index in [9.17, 15) is 32.6 Å². The molecular formula is C96H108B2Cl3N15O11S. The minimum absolute atomic E-state index is 0.00500. The largest absolute Gasteiger partial charge is 0.445 e. The van der Waals surface area contributed by atoms with Crippen LogP contribution in [0.25, 0.3) is 34.9 Å². The van der Waals surface area contributed by atoms with Crippen molar-refractivity contribution >= 4 is 119 Å². The number of nitrogens with one attached hydrogen (secondary N) is 2. The summed E-state index contributed by atoms with van der Waals surface area (Å²) in [6, 6.07) is 59.4. The van der Waals surface area contributed by atoms with Gasteiger partial charge in [-0.1, -0.05) is 162 Å². The van der Waals surface area contributed by atoms with Crippen molar-refractivity contribution in [3.63, 3.8) is 0 Å². The Kier molecular flexibility index (Phi) is 32.1. The number of fused-ring (bicyclic) bond motifs is 6. The molecule has 9 aromatic rings. The minimum Gasteiger partial charge on any atom is -0.445 e. The number of piperazine rings is 6. The molecule has 3 unspecified atom stereocenters. The Hall–Kier alpha value is -10.2.